The van der Waals surface area contributed by atoms with Gasteiger partial charge in [0.05, 0.1) is 6.61 Å². The lowest BCUT2D eigenvalue weighted by molar-refractivity contribution is -0.137. The molecule has 0 radical (unpaired) electrons. The number of rotatable bonds is 20. The Kier molecular flexibility index (Phi) is 17.3. The van der Waals surface area contributed by atoms with Crippen LogP contribution >= 0.6 is 0 Å². The molecule has 0 aliphatic carbocycles. The van der Waals surface area contributed by atoms with E-state index in [9.17, 15) is 15.0 Å². The number of unbranched alkanes of at least 4 members (excludes halogenated alkanes) is 16. The summed E-state index contributed by atoms with van der Waals surface area (Å²) in [5, 5.41) is 18.7. The molecular formula is C28H46O4. The van der Waals surface area contributed by atoms with Gasteiger partial charge in [0, 0.05) is 6.08 Å². The molecule has 4 nitrogen and oxygen atoms in total. The molecule has 0 amide bonds. The minimum atomic E-state index is -0.381. The number of carbonyl (C=O) groups is 1. The summed E-state index contributed by atoms with van der Waals surface area (Å²) in [5.41, 5.74) is 0.634. The summed E-state index contributed by atoms with van der Waals surface area (Å²) in [5.74, 6) is -0.762. The Bertz CT molecular complexity index is 624. The van der Waals surface area contributed by atoms with Crippen molar-refractivity contribution in [2.45, 2.75) is 116 Å². The zero-order valence-electron chi connectivity index (χ0n) is 20.3. The van der Waals surface area contributed by atoms with Gasteiger partial charge in [0.1, 0.15) is 0 Å². The lowest BCUT2D eigenvalue weighted by atomic mass is 10.0. The second-order valence-electron chi connectivity index (χ2n) is 8.91. The number of hydrogen-bond acceptors (Lipinski definition) is 4. The van der Waals surface area contributed by atoms with Gasteiger partial charge >= 0.3 is 5.97 Å². The summed E-state index contributed by atoms with van der Waals surface area (Å²) >= 11 is 0. The van der Waals surface area contributed by atoms with Crippen LogP contribution in [0, 0.1) is 0 Å². The molecule has 1 rings (SSSR count). The molecule has 0 atom stereocenters. The molecule has 0 heterocycles. The smallest absolute Gasteiger partial charge is 0.330 e. The Morgan fingerprint density at radius 1 is 0.719 bits per heavy atom. The second kappa shape index (κ2) is 19.7. The van der Waals surface area contributed by atoms with Gasteiger partial charge in [-0.2, -0.15) is 0 Å². The highest BCUT2D eigenvalue weighted by molar-refractivity contribution is 5.87. The normalized spacial score (nSPS) is 11.3. The Morgan fingerprint density at radius 2 is 1.19 bits per heavy atom. The van der Waals surface area contributed by atoms with Crippen LogP contribution in [0.1, 0.15) is 122 Å². The predicted octanol–water partition coefficient (Wildman–Crippen LogP) is 8.31. The molecule has 0 aliphatic heterocycles. The quantitative estimate of drug-likeness (QED) is 0.0914. The molecule has 0 saturated heterocycles. The van der Waals surface area contributed by atoms with Gasteiger partial charge in [-0.3, -0.25) is 0 Å². The number of esters is 1. The third-order valence-electron chi connectivity index (χ3n) is 5.90. The monoisotopic (exact) mass is 446 g/mol. The fourth-order valence-corrected chi connectivity index (χ4v) is 3.86. The summed E-state index contributed by atoms with van der Waals surface area (Å²) in [6, 6.07) is 4.41. The van der Waals surface area contributed by atoms with Crippen LogP contribution in [0.25, 0.3) is 6.08 Å². The maximum atomic E-state index is 11.7. The molecule has 1 aromatic carbocycles. The second-order valence-corrected chi connectivity index (χ2v) is 8.91. The van der Waals surface area contributed by atoms with E-state index in [1.54, 1.807) is 12.1 Å². The van der Waals surface area contributed by atoms with Gasteiger partial charge in [0.15, 0.2) is 11.5 Å². The van der Waals surface area contributed by atoms with Crippen molar-refractivity contribution in [3.63, 3.8) is 0 Å². The zero-order chi connectivity index (χ0) is 23.3. The minimum absolute atomic E-state index is 0.177. The largest absolute Gasteiger partial charge is 0.504 e. The molecule has 1 aromatic rings. The molecule has 4 heteroatoms. The Hall–Kier alpha value is -1.97. The van der Waals surface area contributed by atoms with Gasteiger partial charge in [-0.1, -0.05) is 116 Å². The third kappa shape index (κ3) is 15.8. The van der Waals surface area contributed by atoms with E-state index in [-0.39, 0.29) is 17.5 Å². The van der Waals surface area contributed by atoms with E-state index < -0.39 is 0 Å². The van der Waals surface area contributed by atoms with Crippen molar-refractivity contribution in [1.29, 1.82) is 0 Å². The minimum Gasteiger partial charge on any atom is -0.504 e. The molecule has 2 N–H and O–H groups in total. The van der Waals surface area contributed by atoms with Gasteiger partial charge < -0.3 is 14.9 Å². The predicted molar refractivity (Wildman–Crippen MR) is 134 cm³/mol. The van der Waals surface area contributed by atoms with Crippen molar-refractivity contribution >= 4 is 12.0 Å². The van der Waals surface area contributed by atoms with Crippen LogP contribution in [-0.2, 0) is 9.53 Å². The first kappa shape index (κ1) is 28.1. The number of ether oxygens (including phenoxy) is 1. The summed E-state index contributed by atoms with van der Waals surface area (Å²) in [6.45, 7) is 2.72. The number of benzene rings is 1. The van der Waals surface area contributed by atoms with Crippen LogP contribution < -0.4 is 0 Å². The van der Waals surface area contributed by atoms with E-state index in [0.717, 1.165) is 12.8 Å². The van der Waals surface area contributed by atoms with Gasteiger partial charge in [-0.15, -0.1) is 0 Å². The fourth-order valence-electron chi connectivity index (χ4n) is 3.86. The van der Waals surface area contributed by atoms with E-state index in [4.69, 9.17) is 4.74 Å². The summed E-state index contributed by atoms with van der Waals surface area (Å²) in [6.07, 6.45) is 25.5. The van der Waals surface area contributed by atoms with E-state index in [1.807, 2.05) is 0 Å². The molecule has 0 aliphatic rings. The van der Waals surface area contributed by atoms with Crippen LogP contribution in [-0.4, -0.2) is 22.8 Å². The number of aromatic hydroxyl groups is 2. The van der Waals surface area contributed by atoms with E-state index in [1.165, 1.54) is 115 Å². The first-order chi connectivity index (χ1) is 15.6. The summed E-state index contributed by atoms with van der Waals surface area (Å²) in [7, 11) is 0. The van der Waals surface area contributed by atoms with Crippen LogP contribution in [0.5, 0.6) is 11.5 Å². The van der Waals surface area contributed by atoms with Gasteiger partial charge in [-0.25, -0.2) is 4.79 Å². The van der Waals surface area contributed by atoms with E-state index in [0.29, 0.717) is 12.2 Å². The average molecular weight is 447 g/mol. The molecule has 0 bridgehead atoms. The Morgan fingerprint density at radius 3 is 1.66 bits per heavy atom. The average Bonchev–Trinajstić information content (AvgIpc) is 2.79. The molecule has 0 saturated carbocycles. The maximum absolute atomic E-state index is 11.7. The highest BCUT2D eigenvalue weighted by Crippen LogP contribution is 2.25. The van der Waals surface area contributed by atoms with E-state index in [2.05, 4.69) is 6.92 Å². The molecular weight excluding hydrogens is 400 g/mol. The SMILES string of the molecule is CCCCCCCCCCCCCCCCCCCOC(=O)/C=C/c1ccc(O)c(O)c1. The lowest BCUT2D eigenvalue weighted by Gasteiger charge is -2.04. The van der Waals surface area contributed by atoms with Crippen LogP contribution in [0.15, 0.2) is 24.3 Å². The zero-order valence-corrected chi connectivity index (χ0v) is 20.3. The number of hydrogen-bond donors (Lipinski definition) is 2. The number of phenols is 2. The topological polar surface area (TPSA) is 66.8 Å². The first-order valence-electron chi connectivity index (χ1n) is 13.0. The molecule has 182 valence electrons. The highest BCUT2D eigenvalue weighted by Gasteiger charge is 2.01. The Labute approximate surface area is 196 Å². The fraction of sp³-hybridized carbons (Fsp3) is 0.679. The van der Waals surface area contributed by atoms with Gasteiger partial charge in [0.2, 0.25) is 0 Å². The van der Waals surface area contributed by atoms with Gasteiger partial charge in [-0.05, 0) is 30.2 Å². The van der Waals surface area contributed by atoms with Crippen LogP contribution in [0.2, 0.25) is 0 Å². The standard InChI is InChI=1S/C28H46O4/c1-2-3-4-5-6-7-8-9-10-11-12-13-14-15-16-17-18-23-32-28(31)22-20-25-19-21-26(29)27(30)24-25/h19-22,24,29-30H,2-18,23H2,1H3/b22-20+. The van der Waals surface area contributed by atoms with Crippen molar-refractivity contribution in [3.8, 4) is 11.5 Å². The summed E-state index contributed by atoms with van der Waals surface area (Å²) in [4.78, 5) is 11.7. The van der Waals surface area contributed by atoms with E-state index >= 15 is 0 Å². The maximum Gasteiger partial charge on any atom is 0.330 e. The van der Waals surface area contributed by atoms with Crippen molar-refractivity contribution in [1.82, 2.24) is 0 Å². The van der Waals surface area contributed by atoms with Gasteiger partial charge in [0.25, 0.3) is 0 Å². The first-order valence-corrected chi connectivity index (χ1v) is 13.0. The Balaban J connectivity index is 1.83. The number of phenolic OH excluding ortho intramolecular Hbond substituents is 2. The molecule has 0 spiro atoms. The summed E-state index contributed by atoms with van der Waals surface area (Å²) < 4.78 is 5.20. The molecule has 0 unspecified atom stereocenters. The van der Waals surface area contributed by atoms with Crippen LogP contribution in [0.4, 0.5) is 0 Å². The molecule has 0 aromatic heterocycles. The highest BCUT2D eigenvalue weighted by atomic mass is 16.5. The van der Waals surface area contributed by atoms with Crippen molar-refractivity contribution in [2.24, 2.45) is 0 Å². The lowest BCUT2D eigenvalue weighted by Crippen LogP contribution is -2.02. The molecule has 32 heavy (non-hydrogen) atoms. The van der Waals surface area contributed by atoms with Crippen LogP contribution in [0.3, 0.4) is 0 Å². The van der Waals surface area contributed by atoms with Crippen molar-refractivity contribution in [3.05, 3.63) is 29.8 Å². The van der Waals surface area contributed by atoms with Crippen molar-refractivity contribution < 1.29 is 19.7 Å². The number of carbonyl (C=O) groups excluding carboxylic acids is 1. The van der Waals surface area contributed by atoms with Crippen molar-refractivity contribution in [2.75, 3.05) is 6.61 Å². The third-order valence-corrected chi connectivity index (χ3v) is 5.90. The molecule has 0 fully saturated rings.